The molecule has 0 spiro atoms. The first kappa shape index (κ1) is 16.0. The molecule has 0 aliphatic carbocycles. The summed E-state index contributed by atoms with van der Waals surface area (Å²) in [4.78, 5) is 12.4. The maximum Gasteiger partial charge on any atom is 0.278 e. The number of nitrogens with one attached hydrogen (secondary N) is 1. The van der Waals surface area contributed by atoms with Crippen LogP contribution < -0.4 is 10.1 Å². The van der Waals surface area contributed by atoms with E-state index in [9.17, 15) is 4.79 Å². The van der Waals surface area contributed by atoms with Crippen LogP contribution in [-0.2, 0) is 0 Å². The zero-order valence-electron chi connectivity index (χ0n) is 13.2. The third-order valence-electron chi connectivity index (χ3n) is 3.51. The van der Waals surface area contributed by atoms with Crippen LogP contribution in [0.15, 0.2) is 48.5 Å². The van der Waals surface area contributed by atoms with Crippen molar-refractivity contribution in [3.8, 4) is 11.4 Å². The molecule has 3 rings (SSSR count). The molecule has 0 aliphatic rings. The number of aromatic nitrogens is 3. The van der Waals surface area contributed by atoms with Crippen molar-refractivity contribution in [2.24, 2.45) is 0 Å². The van der Waals surface area contributed by atoms with Crippen molar-refractivity contribution in [3.05, 3.63) is 64.9 Å². The Labute approximate surface area is 144 Å². The topological polar surface area (TPSA) is 69.0 Å². The van der Waals surface area contributed by atoms with E-state index in [1.165, 1.54) is 0 Å². The van der Waals surface area contributed by atoms with Crippen molar-refractivity contribution in [2.75, 3.05) is 12.4 Å². The van der Waals surface area contributed by atoms with Crippen LogP contribution in [0.25, 0.3) is 5.69 Å². The Bertz CT molecular complexity index is 892. The molecule has 0 radical (unpaired) electrons. The number of benzene rings is 2. The summed E-state index contributed by atoms with van der Waals surface area (Å²) in [7, 11) is 1.58. The minimum atomic E-state index is -0.351. The van der Waals surface area contributed by atoms with Gasteiger partial charge in [-0.2, -0.15) is 0 Å². The van der Waals surface area contributed by atoms with Gasteiger partial charge < -0.3 is 10.1 Å². The van der Waals surface area contributed by atoms with Crippen molar-refractivity contribution < 1.29 is 9.53 Å². The minimum absolute atomic E-state index is 0.237. The Morgan fingerprint density at radius 2 is 2.00 bits per heavy atom. The van der Waals surface area contributed by atoms with E-state index in [-0.39, 0.29) is 11.6 Å². The Balaban J connectivity index is 1.91. The van der Waals surface area contributed by atoms with E-state index in [2.05, 4.69) is 15.6 Å². The molecule has 24 heavy (non-hydrogen) atoms. The summed E-state index contributed by atoms with van der Waals surface area (Å²) in [6.07, 6.45) is 0. The normalized spacial score (nSPS) is 10.5. The lowest BCUT2D eigenvalue weighted by Crippen LogP contribution is -2.14. The number of anilines is 1. The lowest BCUT2D eigenvalue weighted by Gasteiger charge is -2.09. The first-order valence-electron chi connectivity index (χ1n) is 7.23. The number of para-hydroxylation sites is 2. The standard InChI is InChI=1S/C17H15ClN4O2/c1-11-16(17(23)19-13-7-5-6-12(18)10-13)20-21-22(11)14-8-3-4-9-15(14)24-2/h3-10H,1-2H3,(H,19,23). The van der Waals surface area contributed by atoms with Gasteiger partial charge in [-0.15, -0.1) is 5.10 Å². The third kappa shape index (κ3) is 3.09. The van der Waals surface area contributed by atoms with Gasteiger partial charge in [0.05, 0.1) is 12.8 Å². The summed E-state index contributed by atoms with van der Waals surface area (Å²) in [6.45, 7) is 1.78. The highest BCUT2D eigenvalue weighted by Crippen LogP contribution is 2.23. The minimum Gasteiger partial charge on any atom is -0.494 e. The van der Waals surface area contributed by atoms with Crippen LogP contribution in [0.4, 0.5) is 5.69 Å². The summed E-state index contributed by atoms with van der Waals surface area (Å²) in [5.74, 6) is 0.295. The summed E-state index contributed by atoms with van der Waals surface area (Å²) in [6, 6.07) is 14.3. The van der Waals surface area contributed by atoms with Crippen LogP contribution in [-0.4, -0.2) is 28.0 Å². The molecule has 0 saturated heterocycles. The van der Waals surface area contributed by atoms with E-state index in [0.29, 0.717) is 27.8 Å². The van der Waals surface area contributed by atoms with E-state index in [0.717, 1.165) is 0 Å². The van der Waals surface area contributed by atoms with E-state index < -0.39 is 0 Å². The number of amides is 1. The van der Waals surface area contributed by atoms with Gasteiger partial charge >= 0.3 is 0 Å². The summed E-state index contributed by atoms with van der Waals surface area (Å²) < 4.78 is 6.90. The molecule has 0 atom stereocenters. The maximum absolute atomic E-state index is 12.4. The van der Waals surface area contributed by atoms with Crippen LogP contribution in [0.3, 0.4) is 0 Å². The van der Waals surface area contributed by atoms with Gasteiger partial charge in [-0.3, -0.25) is 4.79 Å². The number of carbonyl (C=O) groups excluding carboxylic acids is 1. The molecule has 0 unspecified atom stereocenters. The smallest absolute Gasteiger partial charge is 0.278 e. The molecule has 0 saturated carbocycles. The summed E-state index contributed by atoms with van der Waals surface area (Å²) in [5, 5.41) is 11.4. The van der Waals surface area contributed by atoms with E-state index in [1.807, 2.05) is 24.3 Å². The first-order chi connectivity index (χ1) is 11.6. The van der Waals surface area contributed by atoms with Crippen LogP contribution in [0.2, 0.25) is 5.02 Å². The molecule has 1 heterocycles. The number of carbonyl (C=O) groups is 1. The van der Waals surface area contributed by atoms with Crippen molar-refractivity contribution in [3.63, 3.8) is 0 Å². The molecule has 1 amide bonds. The quantitative estimate of drug-likeness (QED) is 0.788. The number of methoxy groups -OCH3 is 1. The maximum atomic E-state index is 12.4. The van der Waals surface area contributed by atoms with Gasteiger partial charge in [0.2, 0.25) is 0 Å². The highest BCUT2D eigenvalue weighted by Gasteiger charge is 2.19. The van der Waals surface area contributed by atoms with Crippen LogP contribution in [0, 0.1) is 6.92 Å². The fourth-order valence-corrected chi connectivity index (χ4v) is 2.52. The fraction of sp³-hybridized carbons (Fsp3) is 0.118. The van der Waals surface area contributed by atoms with Crippen molar-refractivity contribution in [1.29, 1.82) is 0 Å². The molecule has 0 fully saturated rings. The Morgan fingerprint density at radius 1 is 1.21 bits per heavy atom. The van der Waals surface area contributed by atoms with Gasteiger partial charge in [0.25, 0.3) is 5.91 Å². The molecular weight excluding hydrogens is 328 g/mol. The molecular formula is C17H15ClN4O2. The van der Waals surface area contributed by atoms with Gasteiger partial charge in [-0.05, 0) is 37.3 Å². The number of halogens is 1. The van der Waals surface area contributed by atoms with Gasteiger partial charge in [0.1, 0.15) is 11.4 Å². The van der Waals surface area contributed by atoms with Crippen molar-refractivity contribution >= 4 is 23.2 Å². The lowest BCUT2D eigenvalue weighted by molar-refractivity contribution is 0.102. The number of nitrogens with zero attached hydrogens (tertiary/aromatic N) is 3. The average molecular weight is 343 g/mol. The lowest BCUT2D eigenvalue weighted by atomic mass is 10.2. The number of hydrogen-bond acceptors (Lipinski definition) is 4. The van der Waals surface area contributed by atoms with E-state index in [1.54, 1.807) is 43.0 Å². The number of hydrogen-bond donors (Lipinski definition) is 1. The van der Waals surface area contributed by atoms with Crippen molar-refractivity contribution in [2.45, 2.75) is 6.92 Å². The Morgan fingerprint density at radius 3 is 2.75 bits per heavy atom. The molecule has 7 heteroatoms. The second-order valence-corrected chi connectivity index (χ2v) is 5.51. The van der Waals surface area contributed by atoms with Gasteiger partial charge in [-0.1, -0.05) is 35.0 Å². The number of ether oxygens (including phenoxy) is 1. The monoisotopic (exact) mass is 342 g/mol. The Kier molecular flexibility index (Phi) is 4.48. The average Bonchev–Trinajstić information content (AvgIpc) is 2.96. The van der Waals surface area contributed by atoms with Gasteiger partial charge in [-0.25, -0.2) is 4.68 Å². The Hall–Kier alpha value is -2.86. The van der Waals surface area contributed by atoms with Crippen molar-refractivity contribution in [1.82, 2.24) is 15.0 Å². The van der Waals surface area contributed by atoms with E-state index >= 15 is 0 Å². The molecule has 0 aliphatic heterocycles. The molecule has 2 aromatic carbocycles. The molecule has 122 valence electrons. The predicted molar refractivity (Wildman–Crippen MR) is 92.1 cm³/mol. The van der Waals surface area contributed by atoms with Gasteiger partial charge in [0.15, 0.2) is 5.69 Å². The van der Waals surface area contributed by atoms with Crippen LogP contribution >= 0.6 is 11.6 Å². The number of rotatable bonds is 4. The third-order valence-corrected chi connectivity index (χ3v) is 3.74. The molecule has 1 aromatic heterocycles. The summed E-state index contributed by atoms with van der Waals surface area (Å²) >= 11 is 5.93. The van der Waals surface area contributed by atoms with Crippen LogP contribution in [0.5, 0.6) is 5.75 Å². The zero-order chi connectivity index (χ0) is 17.1. The largest absolute Gasteiger partial charge is 0.494 e. The molecule has 6 nitrogen and oxygen atoms in total. The zero-order valence-corrected chi connectivity index (χ0v) is 13.9. The predicted octanol–water partition coefficient (Wildman–Crippen LogP) is 3.49. The second kappa shape index (κ2) is 6.72. The van der Waals surface area contributed by atoms with Crippen LogP contribution in [0.1, 0.15) is 16.2 Å². The fourth-order valence-electron chi connectivity index (χ4n) is 2.33. The van der Waals surface area contributed by atoms with E-state index in [4.69, 9.17) is 16.3 Å². The van der Waals surface area contributed by atoms with Gasteiger partial charge in [0, 0.05) is 10.7 Å². The second-order valence-electron chi connectivity index (χ2n) is 5.07. The summed E-state index contributed by atoms with van der Waals surface area (Å²) in [5.41, 5.74) is 2.16. The highest BCUT2D eigenvalue weighted by atomic mass is 35.5. The SMILES string of the molecule is COc1ccccc1-n1nnc(C(=O)Nc2cccc(Cl)c2)c1C. The molecule has 1 N–H and O–H groups in total. The highest BCUT2D eigenvalue weighted by molar-refractivity contribution is 6.30. The molecule has 0 bridgehead atoms. The molecule has 3 aromatic rings. The first-order valence-corrected chi connectivity index (χ1v) is 7.60.